The van der Waals surface area contributed by atoms with Crippen LogP contribution in [0.1, 0.15) is 24.4 Å². The van der Waals surface area contributed by atoms with Gasteiger partial charge in [0, 0.05) is 10.4 Å². The number of primary amides is 1. The third-order valence-corrected chi connectivity index (χ3v) is 3.26. The number of fused-ring (bicyclic) bond motifs is 1. The van der Waals surface area contributed by atoms with E-state index in [4.69, 9.17) is 26.5 Å². The van der Waals surface area contributed by atoms with Crippen LogP contribution in [0.3, 0.4) is 0 Å². The molecule has 0 saturated heterocycles. The topological polar surface area (TPSA) is 112 Å². The maximum Gasteiger partial charge on any atom is 0.375 e. The summed E-state index contributed by atoms with van der Waals surface area (Å²) in [6.07, 6.45) is -1.17. The molecular weight excluding hydrogens is 324 g/mol. The van der Waals surface area contributed by atoms with Gasteiger partial charge in [-0.25, -0.2) is 9.59 Å². The Morgan fingerprint density at radius 1 is 1.26 bits per heavy atom. The number of nitrogens with one attached hydrogen (secondary N) is 1. The molecule has 0 saturated carbocycles. The summed E-state index contributed by atoms with van der Waals surface area (Å²) < 4.78 is 10.5. The molecular formula is C15H15ClN2O5. The van der Waals surface area contributed by atoms with E-state index in [1.165, 1.54) is 6.07 Å². The van der Waals surface area contributed by atoms with Gasteiger partial charge in [-0.1, -0.05) is 25.4 Å². The van der Waals surface area contributed by atoms with Gasteiger partial charge in [0.2, 0.25) is 5.76 Å². The molecule has 0 aliphatic rings. The lowest BCUT2D eigenvalue weighted by Crippen LogP contribution is -2.45. The molecule has 8 heteroatoms. The molecule has 2 rings (SSSR count). The van der Waals surface area contributed by atoms with Crippen LogP contribution in [-0.2, 0) is 9.53 Å². The first kappa shape index (κ1) is 16.8. The number of hydrogen-bond donors (Lipinski definition) is 2. The zero-order valence-electron chi connectivity index (χ0n) is 12.5. The number of halogens is 1. The number of amides is 3. The highest BCUT2D eigenvalue weighted by atomic mass is 35.5. The van der Waals surface area contributed by atoms with Crippen molar-refractivity contribution in [1.29, 1.82) is 0 Å². The highest BCUT2D eigenvalue weighted by molar-refractivity contribution is 6.31. The van der Waals surface area contributed by atoms with Gasteiger partial charge in [-0.15, -0.1) is 0 Å². The number of carbonyl (C=O) groups excluding carboxylic acids is 3. The van der Waals surface area contributed by atoms with E-state index in [1.54, 1.807) is 32.0 Å². The van der Waals surface area contributed by atoms with Crippen molar-refractivity contribution >= 4 is 40.5 Å². The Hall–Kier alpha value is -2.54. The van der Waals surface area contributed by atoms with Crippen LogP contribution in [0.4, 0.5) is 4.79 Å². The Kier molecular flexibility index (Phi) is 4.90. The van der Waals surface area contributed by atoms with Crippen molar-refractivity contribution in [3.8, 4) is 0 Å². The quantitative estimate of drug-likeness (QED) is 0.832. The number of urea groups is 1. The fourth-order valence-electron chi connectivity index (χ4n) is 1.97. The summed E-state index contributed by atoms with van der Waals surface area (Å²) in [6, 6.07) is 5.33. The zero-order valence-corrected chi connectivity index (χ0v) is 13.2. The summed E-state index contributed by atoms with van der Waals surface area (Å²) in [4.78, 5) is 34.8. The standard InChI is InChI=1S/C15H15ClN2O5/c1-7(2)12(13(19)18-15(17)21)23-14(20)11-6-8-5-9(16)3-4-10(8)22-11/h3-7,12H,1-2H3,(H3,17,18,19,21). The first-order valence-electron chi connectivity index (χ1n) is 6.78. The van der Waals surface area contributed by atoms with Crippen LogP contribution in [0, 0.1) is 5.92 Å². The van der Waals surface area contributed by atoms with Crippen molar-refractivity contribution in [2.75, 3.05) is 0 Å². The number of hydrogen-bond acceptors (Lipinski definition) is 5. The highest BCUT2D eigenvalue weighted by Crippen LogP contribution is 2.24. The molecule has 1 heterocycles. The average molecular weight is 339 g/mol. The van der Waals surface area contributed by atoms with Crippen LogP contribution in [0.2, 0.25) is 5.02 Å². The summed E-state index contributed by atoms with van der Waals surface area (Å²) >= 11 is 5.87. The fourth-order valence-corrected chi connectivity index (χ4v) is 2.15. The molecule has 0 aliphatic heterocycles. The second kappa shape index (κ2) is 6.70. The molecule has 0 radical (unpaired) electrons. The summed E-state index contributed by atoms with van der Waals surface area (Å²) in [5.74, 6) is -2.05. The van der Waals surface area contributed by atoms with Gasteiger partial charge in [-0.2, -0.15) is 0 Å². The predicted octanol–water partition coefficient (Wildman–Crippen LogP) is 2.46. The molecule has 122 valence electrons. The van der Waals surface area contributed by atoms with Gasteiger partial charge >= 0.3 is 12.0 Å². The smallest absolute Gasteiger partial charge is 0.375 e. The van der Waals surface area contributed by atoms with E-state index in [1.807, 2.05) is 5.32 Å². The third-order valence-electron chi connectivity index (χ3n) is 3.02. The van der Waals surface area contributed by atoms with Crippen molar-refractivity contribution in [3.63, 3.8) is 0 Å². The molecule has 3 N–H and O–H groups in total. The second-order valence-electron chi connectivity index (χ2n) is 5.22. The monoisotopic (exact) mass is 338 g/mol. The van der Waals surface area contributed by atoms with E-state index in [-0.39, 0.29) is 11.7 Å². The Bertz CT molecular complexity index is 768. The maximum atomic E-state index is 12.2. The number of carbonyl (C=O) groups is 3. The van der Waals surface area contributed by atoms with E-state index in [2.05, 4.69) is 0 Å². The molecule has 3 amide bonds. The molecule has 1 aromatic carbocycles. The Labute approximate surface area is 136 Å². The summed E-state index contributed by atoms with van der Waals surface area (Å²) in [5.41, 5.74) is 5.36. The summed E-state index contributed by atoms with van der Waals surface area (Å²) in [7, 11) is 0. The van der Waals surface area contributed by atoms with Crippen molar-refractivity contribution in [2.45, 2.75) is 20.0 Å². The van der Waals surface area contributed by atoms with Gasteiger partial charge in [0.15, 0.2) is 6.10 Å². The lowest BCUT2D eigenvalue weighted by atomic mass is 10.1. The molecule has 23 heavy (non-hydrogen) atoms. The normalized spacial score (nSPS) is 12.2. The summed E-state index contributed by atoms with van der Waals surface area (Å²) in [5, 5.41) is 3.02. The van der Waals surface area contributed by atoms with Crippen molar-refractivity contribution in [1.82, 2.24) is 5.32 Å². The fraction of sp³-hybridized carbons (Fsp3) is 0.267. The second-order valence-corrected chi connectivity index (χ2v) is 5.65. The number of rotatable bonds is 4. The maximum absolute atomic E-state index is 12.2. The molecule has 0 spiro atoms. The van der Waals surface area contributed by atoms with Gasteiger partial charge in [-0.05, 0) is 30.2 Å². The first-order valence-corrected chi connectivity index (χ1v) is 7.16. The average Bonchev–Trinajstić information content (AvgIpc) is 2.86. The van der Waals surface area contributed by atoms with Crippen LogP contribution in [0.15, 0.2) is 28.7 Å². The minimum atomic E-state index is -1.17. The molecule has 0 aliphatic carbocycles. The molecule has 7 nitrogen and oxygen atoms in total. The minimum Gasteiger partial charge on any atom is -0.449 e. The number of nitrogens with two attached hydrogens (primary N) is 1. The number of benzene rings is 1. The molecule has 1 unspecified atom stereocenters. The highest BCUT2D eigenvalue weighted by Gasteiger charge is 2.29. The van der Waals surface area contributed by atoms with Crippen molar-refractivity contribution < 1.29 is 23.5 Å². The predicted molar refractivity (Wildman–Crippen MR) is 83.0 cm³/mol. The number of esters is 1. The molecule has 0 bridgehead atoms. The lowest BCUT2D eigenvalue weighted by molar-refractivity contribution is -0.131. The Balaban J connectivity index is 2.19. The van der Waals surface area contributed by atoms with Crippen LogP contribution in [-0.4, -0.2) is 24.0 Å². The largest absolute Gasteiger partial charge is 0.449 e. The molecule has 0 fully saturated rings. The zero-order chi connectivity index (χ0) is 17.1. The molecule has 1 aromatic heterocycles. The van der Waals surface area contributed by atoms with Gasteiger partial charge in [0.25, 0.3) is 5.91 Å². The van der Waals surface area contributed by atoms with Gasteiger partial charge < -0.3 is 14.9 Å². The van der Waals surface area contributed by atoms with Crippen molar-refractivity contribution in [2.24, 2.45) is 11.7 Å². The third kappa shape index (κ3) is 4.01. The molecule has 1 atom stereocenters. The van der Waals surface area contributed by atoms with E-state index in [0.717, 1.165) is 0 Å². The van der Waals surface area contributed by atoms with Crippen LogP contribution >= 0.6 is 11.6 Å². The Morgan fingerprint density at radius 3 is 2.57 bits per heavy atom. The van der Waals surface area contributed by atoms with Crippen molar-refractivity contribution in [3.05, 3.63) is 35.0 Å². The van der Waals surface area contributed by atoms with E-state index < -0.39 is 24.0 Å². The lowest BCUT2D eigenvalue weighted by Gasteiger charge is -2.19. The van der Waals surface area contributed by atoms with E-state index in [9.17, 15) is 14.4 Å². The number of ether oxygens (including phenoxy) is 1. The summed E-state index contributed by atoms with van der Waals surface area (Å²) in [6.45, 7) is 3.33. The molecule has 2 aromatic rings. The SMILES string of the molecule is CC(C)C(OC(=O)c1cc2cc(Cl)ccc2o1)C(=O)NC(N)=O. The van der Waals surface area contributed by atoms with Crippen LogP contribution in [0.5, 0.6) is 0 Å². The minimum absolute atomic E-state index is 0.0696. The van der Waals surface area contributed by atoms with Crippen LogP contribution < -0.4 is 11.1 Å². The van der Waals surface area contributed by atoms with Gasteiger partial charge in [0.1, 0.15) is 5.58 Å². The Morgan fingerprint density at radius 2 is 1.96 bits per heavy atom. The van der Waals surface area contributed by atoms with E-state index >= 15 is 0 Å². The number of imide groups is 1. The van der Waals surface area contributed by atoms with E-state index in [0.29, 0.717) is 16.0 Å². The van der Waals surface area contributed by atoms with Gasteiger partial charge in [0.05, 0.1) is 0 Å². The number of furan rings is 1. The van der Waals surface area contributed by atoms with Gasteiger partial charge in [-0.3, -0.25) is 10.1 Å². The first-order chi connectivity index (χ1) is 10.8. The van der Waals surface area contributed by atoms with Crippen LogP contribution in [0.25, 0.3) is 11.0 Å².